The fraction of sp³-hybridized carbons (Fsp3) is 0.474. The highest BCUT2D eigenvalue weighted by Gasteiger charge is 2.60. The summed E-state index contributed by atoms with van der Waals surface area (Å²) < 4.78 is 0. The molecule has 1 saturated heterocycles. The second-order valence-electron chi connectivity index (χ2n) is 7.33. The van der Waals surface area contributed by atoms with Crippen LogP contribution in [-0.4, -0.2) is 34.9 Å². The van der Waals surface area contributed by atoms with Crippen molar-refractivity contribution >= 4 is 29.2 Å². The van der Waals surface area contributed by atoms with Gasteiger partial charge in [-0.3, -0.25) is 24.1 Å². The molecule has 0 unspecified atom stereocenters. The van der Waals surface area contributed by atoms with Gasteiger partial charge >= 0.3 is 0 Å². The Morgan fingerprint density at radius 3 is 2.12 bits per heavy atom. The molecular formula is C19H20N2O4. The minimum Gasteiger partial charge on any atom is -0.325 e. The predicted octanol–water partition coefficient (Wildman–Crippen LogP) is 1.86. The van der Waals surface area contributed by atoms with Gasteiger partial charge in [-0.1, -0.05) is 0 Å². The van der Waals surface area contributed by atoms with E-state index in [0.29, 0.717) is 23.1 Å². The SMILES string of the molecule is CC(=O)c1ccc(NC(=O)CN2C(=O)[C@@H]3[C@H]4CC[C@@H](C4)[C@@H]3C2=O)cc1. The van der Waals surface area contributed by atoms with Crippen LogP contribution in [0.1, 0.15) is 36.5 Å². The van der Waals surface area contributed by atoms with Crippen molar-refractivity contribution in [1.82, 2.24) is 4.90 Å². The molecule has 130 valence electrons. The Kier molecular flexibility index (Phi) is 3.71. The Hall–Kier alpha value is -2.50. The van der Waals surface area contributed by atoms with E-state index in [0.717, 1.165) is 24.2 Å². The third-order valence-corrected chi connectivity index (χ3v) is 5.90. The molecular weight excluding hydrogens is 320 g/mol. The molecule has 1 aromatic rings. The number of benzene rings is 1. The number of Topliss-reactive ketones (excluding diaryl/α,β-unsaturated/α-hetero) is 1. The topological polar surface area (TPSA) is 83.6 Å². The van der Waals surface area contributed by atoms with Crippen LogP contribution in [0.3, 0.4) is 0 Å². The van der Waals surface area contributed by atoms with Crippen LogP contribution in [0.4, 0.5) is 5.69 Å². The maximum atomic E-state index is 12.6. The highest BCUT2D eigenvalue weighted by Crippen LogP contribution is 2.56. The number of rotatable bonds is 4. The standard InChI is InChI=1S/C19H20N2O4/c1-10(22)11-4-6-14(7-5-11)20-15(23)9-21-18(24)16-12-2-3-13(8-12)17(16)19(21)25/h4-7,12-13,16-17H,2-3,8-9H2,1H3,(H,20,23)/t12-,13-,16-,17+/m0/s1. The van der Waals surface area contributed by atoms with Gasteiger partial charge in [0.25, 0.3) is 0 Å². The number of fused-ring (bicyclic) bond motifs is 5. The van der Waals surface area contributed by atoms with E-state index in [2.05, 4.69) is 5.32 Å². The van der Waals surface area contributed by atoms with Crippen LogP contribution < -0.4 is 5.32 Å². The zero-order chi connectivity index (χ0) is 17.7. The van der Waals surface area contributed by atoms with Crippen molar-refractivity contribution in [3.63, 3.8) is 0 Å². The molecule has 3 aliphatic rings. The van der Waals surface area contributed by atoms with E-state index in [4.69, 9.17) is 0 Å². The number of nitrogens with one attached hydrogen (secondary N) is 1. The lowest BCUT2D eigenvalue weighted by molar-refractivity contribution is -0.143. The third kappa shape index (κ3) is 2.56. The van der Waals surface area contributed by atoms with E-state index in [1.165, 1.54) is 6.92 Å². The molecule has 4 rings (SSSR count). The lowest BCUT2D eigenvalue weighted by Crippen LogP contribution is -2.39. The number of hydrogen-bond donors (Lipinski definition) is 1. The first-order chi connectivity index (χ1) is 12.0. The molecule has 25 heavy (non-hydrogen) atoms. The Bertz CT molecular complexity index is 742. The van der Waals surface area contributed by atoms with Crippen LogP contribution in [0.5, 0.6) is 0 Å². The van der Waals surface area contributed by atoms with Crippen molar-refractivity contribution in [2.45, 2.75) is 26.2 Å². The van der Waals surface area contributed by atoms with Gasteiger partial charge in [-0.2, -0.15) is 0 Å². The lowest BCUT2D eigenvalue weighted by Gasteiger charge is -2.19. The number of carbonyl (C=O) groups excluding carboxylic acids is 4. The molecule has 3 amide bonds. The van der Waals surface area contributed by atoms with Crippen LogP contribution in [0.15, 0.2) is 24.3 Å². The van der Waals surface area contributed by atoms with E-state index in [9.17, 15) is 19.2 Å². The Labute approximate surface area is 145 Å². The molecule has 1 heterocycles. The molecule has 2 aliphatic carbocycles. The molecule has 0 spiro atoms. The molecule has 1 aromatic carbocycles. The number of amides is 3. The van der Waals surface area contributed by atoms with E-state index in [1.54, 1.807) is 24.3 Å². The maximum Gasteiger partial charge on any atom is 0.244 e. The number of imide groups is 1. The van der Waals surface area contributed by atoms with Crippen molar-refractivity contribution in [3.05, 3.63) is 29.8 Å². The zero-order valence-corrected chi connectivity index (χ0v) is 14.0. The van der Waals surface area contributed by atoms with Crippen molar-refractivity contribution in [3.8, 4) is 0 Å². The van der Waals surface area contributed by atoms with Crippen LogP contribution in [0.2, 0.25) is 0 Å². The Morgan fingerprint density at radius 1 is 1.04 bits per heavy atom. The van der Waals surface area contributed by atoms with Gasteiger partial charge in [-0.05, 0) is 62.3 Å². The smallest absolute Gasteiger partial charge is 0.244 e. The molecule has 0 radical (unpaired) electrons. The van der Waals surface area contributed by atoms with E-state index >= 15 is 0 Å². The lowest BCUT2D eigenvalue weighted by atomic mass is 9.81. The normalized spacial score (nSPS) is 29.9. The summed E-state index contributed by atoms with van der Waals surface area (Å²) in [6.07, 6.45) is 3.02. The van der Waals surface area contributed by atoms with Gasteiger partial charge in [0.1, 0.15) is 6.54 Å². The largest absolute Gasteiger partial charge is 0.325 e. The van der Waals surface area contributed by atoms with Gasteiger partial charge < -0.3 is 5.32 Å². The van der Waals surface area contributed by atoms with E-state index < -0.39 is 5.91 Å². The van der Waals surface area contributed by atoms with Gasteiger partial charge in [-0.15, -0.1) is 0 Å². The summed E-state index contributed by atoms with van der Waals surface area (Å²) in [5.41, 5.74) is 1.10. The minimum atomic E-state index is -0.399. The molecule has 6 heteroatoms. The third-order valence-electron chi connectivity index (χ3n) is 5.90. The Morgan fingerprint density at radius 2 is 1.60 bits per heavy atom. The van der Waals surface area contributed by atoms with Crippen molar-refractivity contribution in [2.24, 2.45) is 23.7 Å². The van der Waals surface area contributed by atoms with Crippen LogP contribution in [0.25, 0.3) is 0 Å². The van der Waals surface area contributed by atoms with Gasteiger partial charge in [0.2, 0.25) is 17.7 Å². The summed E-state index contributed by atoms with van der Waals surface area (Å²) in [6, 6.07) is 6.53. The number of hydrogen-bond acceptors (Lipinski definition) is 4. The van der Waals surface area contributed by atoms with Gasteiger partial charge in [0.15, 0.2) is 5.78 Å². The Balaban J connectivity index is 1.42. The summed E-state index contributed by atoms with van der Waals surface area (Å²) in [5, 5.41) is 2.68. The van der Waals surface area contributed by atoms with Gasteiger partial charge in [-0.25, -0.2) is 0 Å². The molecule has 1 aliphatic heterocycles. The fourth-order valence-electron chi connectivity index (χ4n) is 4.76. The average Bonchev–Trinajstić information content (AvgIpc) is 3.25. The number of ketones is 1. The second-order valence-corrected chi connectivity index (χ2v) is 7.33. The number of nitrogens with zero attached hydrogens (tertiary/aromatic N) is 1. The highest BCUT2D eigenvalue weighted by atomic mass is 16.2. The van der Waals surface area contributed by atoms with E-state index in [1.807, 2.05) is 0 Å². The highest BCUT2D eigenvalue weighted by molar-refractivity contribution is 6.09. The molecule has 2 saturated carbocycles. The molecule has 2 bridgehead atoms. The minimum absolute atomic E-state index is 0.0488. The quantitative estimate of drug-likeness (QED) is 0.670. The summed E-state index contributed by atoms with van der Waals surface area (Å²) in [7, 11) is 0. The van der Waals surface area contributed by atoms with Gasteiger partial charge in [0.05, 0.1) is 11.8 Å². The number of anilines is 1. The number of carbonyl (C=O) groups is 4. The summed E-state index contributed by atoms with van der Waals surface area (Å²) >= 11 is 0. The van der Waals surface area contributed by atoms with Crippen LogP contribution >= 0.6 is 0 Å². The van der Waals surface area contributed by atoms with Crippen LogP contribution in [-0.2, 0) is 14.4 Å². The maximum absolute atomic E-state index is 12.6. The predicted molar refractivity (Wildman–Crippen MR) is 89.6 cm³/mol. The first kappa shape index (κ1) is 16.0. The summed E-state index contributed by atoms with van der Waals surface area (Å²) in [6.45, 7) is 1.24. The van der Waals surface area contributed by atoms with Crippen molar-refractivity contribution in [1.29, 1.82) is 0 Å². The second kappa shape index (κ2) is 5.79. The first-order valence-corrected chi connectivity index (χ1v) is 8.72. The van der Waals surface area contributed by atoms with Crippen molar-refractivity contribution < 1.29 is 19.2 Å². The average molecular weight is 340 g/mol. The van der Waals surface area contributed by atoms with Gasteiger partial charge in [0, 0.05) is 11.3 Å². The molecule has 0 aromatic heterocycles. The van der Waals surface area contributed by atoms with Crippen LogP contribution in [0, 0.1) is 23.7 Å². The monoisotopic (exact) mass is 340 g/mol. The number of likely N-dealkylation sites (tertiary alicyclic amines) is 1. The van der Waals surface area contributed by atoms with Crippen molar-refractivity contribution in [2.75, 3.05) is 11.9 Å². The molecule has 3 fully saturated rings. The van der Waals surface area contributed by atoms with E-state index in [-0.39, 0.29) is 36.0 Å². The molecule has 1 N–H and O–H groups in total. The molecule has 6 nitrogen and oxygen atoms in total. The summed E-state index contributed by atoms with van der Waals surface area (Å²) in [4.78, 5) is 49.8. The summed E-state index contributed by atoms with van der Waals surface area (Å²) in [5.74, 6) is -0.564. The zero-order valence-electron chi connectivity index (χ0n) is 14.0. The first-order valence-electron chi connectivity index (χ1n) is 8.72. The fourth-order valence-corrected chi connectivity index (χ4v) is 4.76. The molecule has 4 atom stereocenters.